The monoisotopic (exact) mass is 876 g/mol. The zero-order chi connectivity index (χ0) is 46.9. The number of aromatic nitrogens is 4. The first-order valence-corrected chi connectivity index (χ1v) is 23.8. The van der Waals surface area contributed by atoms with Gasteiger partial charge in [0.05, 0.1) is 39.0 Å². The summed E-state index contributed by atoms with van der Waals surface area (Å²) in [5, 5.41) is 15.0. The van der Waals surface area contributed by atoms with E-state index in [9.17, 15) is 5.11 Å². The quantitative estimate of drug-likeness (QED) is 0.165. The fourth-order valence-electron chi connectivity index (χ4n) is 10.00. The molecule has 5 heteroatoms. The number of imidazole rings is 1. The minimum Gasteiger partial charge on any atom is -0.507 e. The number of phenols is 1. The third-order valence-corrected chi connectivity index (χ3v) is 13.5. The minimum absolute atomic E-state index is 0.174. The first-order valence-electron chi connectivity index (χ1n) is 23.8. The van der Waals surface area contributed by atoms with Crippen molar-refractivity contribution in [2.24, 2.45) is 0 Å². The molecule has 10 rings (SSSR count). The number of hydrogen-bond acceptors (Lipinski definition) is 3. The minimum atomic E-state index is -0.333. The molecule has 10 aromatic rings. The van der Waals surface area contributed by atoms with Crippen molar-refractivity contribution in [1.29, 1.82) is 0 Å². The van der Waals surface area contributed by atoms with E-state index in [0.717, 1.165) is 83.7 Å². The summed E-state index contributed by atoms with van der Waals surface area (Å²) in [5.41, 5.74) is 17.4. The van der Waals surface area contributed by atoms with Gasteiger partial charge in [0.2, 0.25) is 0 Å². The van der Waals surface area contributed by atoms with E-state index in [0.29, 0.717) is 0 Å². The molecule has 0 bridgehead atoms. The van der Waals surface area contributed by atoms with Crippen LogP contribution < -0.4 is 0 Å². The second-order valence-corrected chi connectivity index (χ2v) is 20.9. The summed E-state index contributed by atoms with van der Waals surface area (Å²) in [6.45, 7) is 22.4. The van der Waals surface area contributed by atoms with E-state index < -0.39 is 0 Å². The molecule has 7 aromatic carbocycles. The molecular weight excluding hydrogens is 817 g/mol. The number of rotatable bonds is 8. The summed E-state index contributed by atoms with van der Waals surface area (Å²) in [5.74, 6) is 1.33. The van der Waals surface area contributed by atoms with E-state index >= 15 is 0 Å². The van der Waals surface area contributed by atoms with Crippen LogP contribution in [-0.4, -0.2) is 24.2 Å². The Bertz CT molecular complexity index is 3440. The van der Waals surface area contributed by atoms with Crippen LogP contribution in [0.1, 0.15) is 103 Å². The van der Waals surface area contributed by atoms with Gasteiger partial charge in [0, 0.05) is 39.3 Å². The summed E-state index contributed by atoms with van der Waals surface area (Å²) in [7, 11) is 0. The summed E-state index contributed by atoms with van der Waals surface area (Å²) < 4.78 is 4.76. The van der Waals surface area contributed by atoms with Crippen molar-refractivity contribution in [3.63, 3.8) is 0 Å². The van der Waals surface area contributed by atoms with E-state index in [4.69, 9.17) is 9.97 Å². The van der Waals surface area contributed by atoms with Crippen molar-refractivity contribution in [3.05, 3.63) is 186 Å². The van der Waals surface area contributed by atoms with E-state index in [1.54, 1.807) is 0 Å². The van der Waals surface area contributed by atoms with Crippen LogP contribution in [0.15, 0.2) is 164 Å². The molecule has 334 valence electrons. The van der Waals surface area contributed by atoms with Gasteiger partial charge in [0.15, 0.2) is 0 Å². The summed E-state index contributed by atoms with van der Waals surface area (Å²) >= 11 is 0. The van der Waals surface area contributed by atoms with Gasteiger partial charge in [-0.1, -0.05) is 160 Å². The van der Waals surface area contributed by atoms with Crippen LogP contribution in [0.25, 0.3) is 89.1 Å². The Labute approximate surface area is 395 Å². The van der Waals surface area contributed by atoms with Crippen molar-refractivity contribution in [2.75, 3.05) is 0 Å². The fraction of sp³-hybridized carbons (Fsp3) is 0.226. The van der Waals surface area contributed by atoms with Crippen LogP contribution >= 0.6 is 0 Å². The summed E-state index contributed by atoms with van der Waals surface area (Å²) in [6.07, 6.45) is 1.88. The Morgan fingerprint density at radius 3 is 1.79 bits per heavy atom. The normalized spacial score (nSPS) is 12.4. The van der Waals surface area contributed by atoms with Gasteiger partial charge < -0.3 is 9.67 Å². The van der Waals surface area contributed by atoms with E-state index in [1.165, 1.54) is 27.6 Å². The van der Waals surface area contributed by atoms with Crippen LogP contribution in [0.4, 0.5) is 0 Å². The van der Waals surface area contributed by atoms with E-state index in [2.05, 4.69) is 230 Å². The van der Waals surface area contributed by atoms with Gasteiger partial charge in [-0.3, -0.25) is 9.55 Å². The maximum atomic E-state index is 12.7. The van der Waals surface area contributed by atoms with Crippen molar-refractivity contribution in [3.8, 4) is 62.0 Å². The number of aromatic hydroxyl groups is 1. The van der Waals surface area contributed by atoms with Gasteiger partial charge in [-0.15, -0.1) is 0 Å². The topological polar surface area (TPSA) is 55.9 Å². The van der Waals surface area contributed by atoms with Crippen molar-refractivity contribution < 1.29 is 5.11 Å². The molecule has 5 nitrogen and oxygen atoms in total. The first-order chi connectivity index (χ1) is 32.1. The molecule has 0 fully saturated rings. The molecule has 0 radical (unpaired) electrons. The van der Waals surface area contributed by atoms with Gasteiger partial charge in [-0.05, 0) is 123 Å². The number of fused-ring (bicyclic) bond motifs is 4. The number of para-hydroxylation sites is 3. The molecule has 67 heavy (non-hydrogen) atoms. The summed E-state index contributed by atoms with van der Waals surface area (Å²) in [6, 6.07) is 56.6. The number of pyridine rings is 1. The van der Waals surface area contributed by atoms with Crippen molar-refractivity contribution in [2.45, 2.75) is 91.9 Å². The lowest BCUT2D eigenvalue weighted by Gasteiger charge is -2.28. The molecule has 0 aliphatic carbocycles. The maximum Gasteiger partial charge on any atom is 0.149 e. The predicted molar refractivity (Wildman–Crippen MR) is 282 cm³/mol. The highest BCUT2D eigenvalue weighted by atomic mass is 16.3. The van der Waals surface area contributed by atoms with Gasteiger partial charge in [-0.2, -0.15) is 0 Å². The zero-order valence-electron chi connectivity index (χ0n) is 40.5. The molecule has 0 aliphatic rings. The highest BCUT2D eigenvalue weighted by Crippen LogP contribution is 2.48. The average Bonchev–Trinajstić information content (AvgIpc) is 3.87. The lowest BCUT2D eigenvalue weighted by Crippen LogP contribution is -2.17. The molecule has 1 N–H and O–H groups in total. The smallest absolute Gasteiger partial charge is 0.149 e. The van der Waals surface area contributed by atoms with E-state index in [-0.39, 0.29) is 28.4 Å². The van der Waals surface area contributed by atoms with E-state index in [1.807, 2.05) is 12.3 Å². The second kappa shape index (κ2) is 16.6. The maximum absolute atomic E-state index is 12.7. The second-order valence-electron chi connectivity index (χ2n) is 20.9. The fourth-order valence-corrected chi connectivity index (χ4v) is 10.00. The predicted octanol–water partition coefficient (Wildman–Crippen LogP) is 16.7. The molecule has 0 spiro atoms. The SMILES string of the molecule is CC(C)c1cc(-c2ccccc2)cc(C(C)C)c1-n1c(-c2cc(C(C)(C)C)cc(C(C)(C)C)c2O)nc2c(-c3cc(-c4ccccn4)c4c5ccccc5n(-c5ccccc5)c4c3)cccc21. The first kappa shape index (κ1) is 43.6. The van der Waals surface area contributed by atoms with Gasteiger partial charge in [0.1, 0.15) is 11.6 Å². The lowest BCUT2D eigenvalue weighted by atomic mass is 9.78. The molecule has 0 atom stereocenters. The van der Waals surface area contributed by atoms with Gasteiger partial charge in [-0.25, -0.2) is 4.98 Å². The van der Waals surface area contributed by atoms with Crippen LogP contribution in [0.2, 0.25) is 0 Å². The highest BCUT2D eigenvalue weighted by molar-refractivity contribution is 6.17. The number of hydrogen-bond donors (Lipinski definition) is 1. The molecule has 0 aliphatic heterocycles. The number of nitrogens with zero attached hydrogens (tertiary/aromatic N) is 4. The van der Waals surface area contributed by atoms with Crippen molar-refractivity contribution >= 4 is 32.8 Å². The number of benzene rings is 7. The Morgan fingerprint density at radius 1 is 0.507 bits per heavy atom. The van der Waals surface area contributed by atoms with Gasteiger partial charge in [0.25, 0.3) is 0 Å². The van der Waals surface area contributed by atoms with Crippen LogP contribution in [0, 0.1) is 0 Å². The average molecular weight is 877 g/mol. The Kier molecular flexibility index (Phi) is 10.8. The Hall–Kier alpha value is -7.24. The zero-order valence-corrected chi connectivity index (χ0v) is 40.5. The van der Waals surface area contributed by atoms with Crippen LogP contribution in [-0.2, 0) is 10.8 Å². The van der Waals surface area contributed by atoms with Crippen LogP contribution in [0.5, 0.6) is 5.75 Å². The molecule has 0 amide bonds. The Morgan fingerprint density at radius 2 is 1.15 bits per heavy atom. The van der Waals surface area contributed by atoms with Gasteiger partial charge >= 0.3 is 0 Å². The summed E-state index contributed by atoms with van der Waals surface area (Å²) in [4.78, 5) is 10.8. The number of phenolic OH excluding ortho intramolecular Hbond substituents is 1. The largest absolute Gasteiger partial charge is 0.507 e. The molecule has 3 heterocycles. The molecule has 0 saturated heterocycles. The Balaban J connectivity index is 1.36. The third-order valence-electron chi connectivity index (χ3n) is 13.5. The van der Waals surface area contributed by atoms with Crippen molar-refractivity contribution in [1.82, 2.24) is 19.1 Å². The lowest BCUT2D eigenvalue weighted by molar-refractivity contribution is 0.446. The molecule has 0 saturated carbocycles. The molecule has 3 aromatic heterocycles. The molecule has 0 unspecified atom stereocenters. The standard InChI is InChI=1S/C62H60N4O/c1-38(2)47-32-41(40-22-13-11-14-23-40)33-48(39(3)4)58(47)66-54-30-21-27-45(57(54)64-60(66)50-36-43(61(5,6)7)37-51(59(50)67)62(8,9)10)42-34-49(52-28-19-20-31-63-52)56-46-26-17-18-29-53(46)65(55(56)35-42)44-24-15-12-16-25-44/h11-39,67H,1-10H3. The molecular formula is C62H60N4O. The third kappa shape index (κ3) is 7.61. The highest BCUT2D eigenvalue weighted by Gasteiger charge is 2.31. The van der Waals surface area contributed by atoms with Crippen LogP contribution in [0.3, 0.4) is 0 Å².